The summed E-state index contributed by atoms with van der Waals surface area (Å²) in [4.78, 5) is 0. The fourth-order valence-electron chi connectivity index (χ4n) is 1.13. The van der Waals surface area contributed by atoms with Crippen molar-refractivity contribution in [1.29, 1.82) is 0 Å². The first-order valence-corrected chi connectivity index (χ1v) is 10.5. The van der Waals surface area contributed by atoms with Gasteiger partial charge >= 0.3 is 31.1 Å². The lowest BCUT2D eigenvalue weighted by atomic mass is 10.5. The van der Waals surface area contributed by atoms with Crippen LogP contribution in [0.25, 0.3) is 0 Å². The van der Waals surface area contributed by atoms with E-state index >= 15 is 0 Å². The van der Waals surface area contributed by atoms with Crippen LogP contribution in [0.1, 0.15) is 6.42 Å². The molecule has 2 aliphatic heterocycles. The predicted molar refractivity (Wildman–Crippen MR) is 60.6 cm³/mol. The van der Waals surface area contributed by atoms with Gasteiger partial charge in [-0.05, 0) is 6.42 Å². The van der Waals surface area contributed by atoms with Gasteiger partial charge in [0.15, 0.2) is 0 Å². The predicted octanol–water partition coefficient (Wildman–Crippen LogP) is 7.04. The zero-order chi connectivity index (χ0) is 14.4. The van der Waals surface area contributed by atoms with Crippen LogP contribution in [0.4, 0.5) is 25.2 Å². The average Bonchev–Trinajstić information content (AvgIpc) is 2.07. The minimum Gasteiger partial charge on any atom is -0.303 e. The van der Waals surface area contributed by atoms with Crippen molar-refractivity contribution in [3.8, 4) is 0 Å². The van der Waals surface area contributed by atoms with E-state index < -0.39 is 44.4 Å². The summed E-state index contributed by atoms with van der Waals surface area (Å²) in [5.74, 6) is 0. The Labute approximate surface area is 104 Å². The van der Waals surface area contributed by atoms with Crippen molar-refractivity contribution < 1.29 is 34.2 Å². The third-order valence-corrected chi connectivity index (χ3v) is 9.67. The van der Waals surface area contributed by atoms with Crippen LogP contribution in [0.2, 0.25) is 0 Å². The first-order valence-electron chi connectivity index (χ1n) is 4.56. The van der Waals surface area contributed by atoms with Crippen LogP contribution in [0.5, 0.6) is 0 Å². The smallest absolute Gasteiger partial charge is 0.303 e. The highest BCUT2D eigenvalue weighted by Gasteiger charge is 2.41. The second-order valence-corrected chi connectivity index (χ2v) is 10.3. The molecule has 2 atom stereocenters. The standard InChI is InChI=1S/C3H6F6N4O2P4/c4-16(5)10-17(6,7)12-19(9)13-18(8,11-16)14-2-1-3-15-19/h1-3H2. The first-order chi connectivity index (χ1) is 8.54. The number of fused-ring (bicyclic) bond motifs is 1. The normalized spacial score (nSPS) is 40.9. The van der Waals surface area contributed by atoms with Crippen LogP contribution in [0.3, 0.4) is 0 Å². The van der Waals surface area contributed by atoms with E-state index in [2.05, 4.69) is 22.6 Å². The molecule has 0 aromatic carbocycles. The molecule has 0 fully saturated rings. The summed E-state index contributed by atoms with van der Waals surface area (Å²) in [6, 6.07) is 0. The Kier molecular flexibility index (Phi) is 4.16. The molecule has 0 aromatic rings. The second-order valence-electron chi connectivity index (χ2n) is 3.24. The van der Waals surface area contributed by atoms with Gasteiger partial charge in [-0.1, -0.05) is 0 Å². The van der Waals surface area contributed by atoms with Gasteiger partial charge in [0.25, 0.3) is 0 Å². The van der Waals surface area contributed by atoms with Crippen LogP contribution in [-0.2, 0) is 9.05 Å². The molecule has 0 aromatic heterocycles. The molecule has 6 nitrogen and oxygen atoms in total. The topological polar surface area (TPSA) is 67.9 Å². The average molecular weight is 368 g/mol. The van der Waals surface area contributed by atoms with Crippen LogP contribution in [0.15, 0.2) is 18.1 Å². The number of hydrogen-bond acceptors (Lipinski definition) is 6. The van der Waals surface area contributed by atoms with E-state index in [1.807, 2.05) is 4.52 Å². The van der Waals surface area contributed by atoms with Gasteiger partial charge in [-0.3, -0.25) is 0 Å². The molecule has 0 amide bonds. The Morgan fingerprint density at radius 2 is 1.11 bits per heavy atom. The van der Waals surface area contributed by atoms with E-state index in [9.17, 15) is 25.2 Å². The SMILES string of the molecule is FP1(F)=NP(F)(F)=NP2(F)=NP(F)(=N1)OCCCO2. The molecule has 2 aliphatic rings. The maximum Gasteiger partial charge on any atom is 0.425 e. The molecule has 0 saturated carbocycles. The quantitative estimate of drug-likeness (QED) is 0.340. The van der Waals surface area contributed by atoms with E-state index in [-0.39, 0.29) is 6.42 Å². The Hall–Kier alpha value is 0.420. The van der Waals surface area contributed by atoms with Crippen LogP contribution in [-0.4, -0.2) is 13.2 Å². The van der Waals surface area contributed by atoms with Gasteiger partial charge in [0.05, 0.1) is 13.2 Å². The molecular formula is C3H6F6N4O2P4. The lowest BCUT2D eigenvalue weighted by Gasteiger charge is -2.21. The summed E-state index contributed by atoms with van der Waals surface area (Å²) in [6.07, 6.45) is -0.0803. The fourth-order valence-corrected chi connectivity index (χ4v) is 8.78. The third-order valence-electron chi connectivity index (χ3n) is 1.67. The van der Waals surface area contributed by atoms with Crippen LogP contribution >= 0.6 is 31.1 Å². The number of halogens is 6. The molecule has 0 N–H and O–H groups in total. The Morgan fingerprint density at radius 3 is 1.68 bits per heavy atom. The molecule has 0 aliphatic carbocycles. The van der Waals surface area contributed by atoms with Crippen molar-refractivity contribution in [3.05, 3.63) is 0 Å². The molecule has 0 radical (unpaired) electrons. The molecule has 2 unspecified atom stereocenters. The summed E-state index contributed by atoms with van der Waals surface area (Å²) in [5, 5.41) is 0. The molecule has 16 heteroatoms. The van der Waals surface area contributed by atoms with Gasteiger partial charge in [-0.2, -0.15) is 8.39 Å². The second kappa shape index (κ2) is 5.00. The van der Waals surface area contributed by atoms with E-state index in [1.165, 1.54) is 0 Å². The van der Waals surface area contributed by atoms with Crippen molar-refractivity contribution in [2.24, 2.45) is 18.1 Å². The van der Waals surface area contributed by atoms with E-state index in [0.29, 0.717) is 0 Å². The zero-order valence-electron chi connectivity index (χ0n) is 8.78. The molecule has 0 saturated heterocycles. The third kappa shape index (κ3) is 4.19. The molecule has 19 heavy (non-hydrogen) atoms. The fraction of sp³-hybridized carbons (Fsp3) is 1.00. The molecule has 0 spiro atoms. The highest BCUT2D eigenvalue weighted by atomic mass is 31.3. The van der Waals surface area contributed by atoms with Gasteiger partial charge in [0.1, 0.15) is 0 Å². The Balaban J connectivity index is 2.75. The van der Waals surface area contributed by atoms with Crippen LogP contribution < -0.4 is 0 Å². The maximum atomic E-state index is 13.9. The molecule has 2 bridgehead atoms. The summed E-state index contributed by atoms with van der Waals surface area (Å²) in [5.41, 5.74) is 0. The van der Waals surface area contributed by atoms with Crippen molar-refractivity contribution in [2.45, 2.75) is 6.42 Å². The highest BCUT2D eigenvalue weighted by molar-refractivity contribution is 7.78. The summed E-state index contributed by atoms with van der Waals surface area (Å²) < 4.78 is 97.8. The molecule has 2 rings (SSSR count). The van der Waals surface area contributed by atoms with Crippen molar-refractivity contribution in [1.82, 2.24) is 0 Å². The lowest BCUT2D eigenvalue weighted by molar-refractivity contribution is 0.247. The number of hydrogen-bond donors (Lipinski definition) is 0. The molecular weight excluding hydrogens is 362 g/mol. The van der Waals surface area contributed by atoms with Gasteiger partial charge in [-0.15, -0.1) is 34.8 Å². The number of rotatable bonds is 0. The van der Waals surface area contributed by atoms with Crippen LogP contribution in [0, 0.1) is 0 Å². The number of nitrogens with zero attached hydrogens (tertiary/aromatic N) is 4. The maximum absolute atomic E-state index is 13.9. The molecule has 112 valence electrons. The summed E-state index contributed by atoms with van der Waals surface area (Å²) in [7, 11) is -22.2. The van der Waals surface area contributed by atoms with E-state index in [4.69, 9.17) is 0 Å². The van der Waals surface area contributed by atoms with Gasteiger partial charge < -0.3 is 9.05 Å². The minimum absolute atomic E-state index is 0.0803. The summed E-state index contributed by atoms with van der Waals surface area (Å²) >= 11 is 0. The van der Waals surface area contributed by atoms with Crippen molar-refractivity contribution in [3.63, 3.8) is 0 Å². The first kappa shape index (κ1) is 15.8. The van der Waals surface area contributed by atoms with Crippen molar-refractivity contribution in [2.75, 3.05) is 13.2 Å². The molecule has 2 heterocycles. The Bertz CT molecular complexity index is 587. The Morgan fingerprint density at radius 1 is 0.632 bits per heavy atom. The highest BCUT2D eigenvalue weighted by Crippen LogP contribution is 2.82. The van der Waals surface area contributed by atoms with Crippen molar-refractivity contribution >= 4 is 31.1 Å². The largest absolute Gasteiger partial charge is 0.425 e. The van der Waals surface area contributed by atoms with Gasteiger partial charge in [0.2, 0.25) is 0 Å². The minimum atomic E-state index is -6.02. The monoisotopic (exact) mass is 368 g/mol. The summed E-state index contributed by atoms with van der Waals surface area (Å²) in [6.45, 7) is -0.800. The zero-order valence-corrected chi connectivity index (χ0v) is 12.4. The van der Waals surface area contributed by atoms with Gasteiger partial charge in [-0.25, -0.2) is 0 Å². The van der Waals surface area contributed by atoms with Gasteiger partial charge in [0, 0.05) is 0 Å². The lowest BCUT2D eigenvalue weighted by Crippen LogP contribution is -1.99. The van der Waals surface area contributed by atoms with E-state index in [0.717, 1.165) is 0 Å². The van der Waals surface area contributed by atoms with E-state index in [1.54, 1.807) is 0 Å².